The van der Waals surface area contributed by atoms with Gasteiger partial charge in [0.2, 0.25) is 0 Å². The molecule has 8 heteroatoms. The standard InChI is InChI=1S/C9H10BrN3O4/c10-7-2-1-6(13(15)16)5-8(7)17-4-3-9(11)12-14/h1-2,5,14H,3-4H2,(H2,11,12). The second-order valence-electron chi connectivity index (χ2n) is 3.06. The summed E-state index contributed by atoms with van der Waals surface area (Å²) in [6.45, 7) is 0.162. The first-order chi connectivity index (χ1) is 8.04. The van der Waals surface area contributed by atoms with E-state index in [1.54, 1.807) is 0 Å². The van der Waals surface area contributed by atoms with Crippen LogP contribution in [0.2, 0.25) is 0 Å². The van der Waals surface area contributed by atoms with E-state index in [0.29, 0.717) is 10.2 Å². The Kier molecular flexibility index (Phi) is 4.70. The van der Waals surface area contributed by atoms with Gasteiger partial charge in [0.05, 0.1) is 22.1 Å². The number of amidine groups is 1. The minimum Gasteiger partial charge on any atom is -0.492 e. The second-order valence-corrected chi connectivity index (χ2v) is 3.92. The van der Waals surface area contributed by atoms with Crippen LogP contribution in [0, 0.1) is 10.1 Å². The molecule has 7 nitrogen and oxygen atoms in total. The molecule has 0 aliphatic heterocycles. The highest BCUT2D eigenvalue weighted by Gasteiger charge is 2.10. The number of nitrogens with two attached hydrogens (primary N) is 1. The Morgan fingerprint density at radius 1 is 1.65 bits per heavy atom. The van der Waals surface area contributed by atoms with E-state index in [0.717, 1.165) is 0 Å². The van der Waals surface area contributed by atoms with E-state index in [4.69, 9.17) is 15.7 Å². The Morgan fingerprint density at radius 2 is 2.35 bits per heavy atom. The summed E-state index contributed by atoms with van der Waals surface area (Å²) in [5.74, 6) is 0.372. The molecule has 0 saturated carbocycles. The Morgan fingerprint density at radius 3 is 2.94 bits per heavy atom. The van der Waals surface area contributed by atoms with Gasteiger partial charge in [-0.3, -0.25) is 10.1 Å². The van der Waals surface area contributed by atoms with Crippen LogP contribution in [0.4, 0.5) is 5.69 Å². The van der Waals surface area contributed by atoms with Crippen LogP contribution in [0.3, 0.4) is 0 Å². The first kappa shape index (κ1) is 13.2. The molecule has 1 aromatic rings. The summed E-state index contributed by atoms with van der Waals surface area (Å²) in [5.41, 5.74) is 5.19. The Bertz CT molecular complexity index is 450. The molecule has 92 valence electrons. The van der Waals surface area contributed by atoms with Gasteiger partial charge in [-0.1, -0.05) is 5.16 Å². The number of halogens is 1. The molecule has 1 rings (SSSR count). The normalized spacial score (nSPS) is 11.2. The zero-order valence-electron chi connectivity index (χ0n) is 8.67. The van der Waals surface area contributed by atoms with Crippen molar-refractivity contribution in [1.29, 1.82) is 0 Å². The molecule has 0 heterocycles. The molecule has 0 amide bonds. The highest BCUT2D eigenvalue weighted by atomic mass is 79.9. The van der Waals surface area contributed by atoms with Gasteiger partial charge in [0.1, 0.15) is 11.6 Å². The summed E-state index contributed by atoms with van der Waals surface area (Å²) in [4.78, 5) is 10.0. The fourth-order valence-electron chi connectivity index (χ4n) is 1.03. The van der Waals surface area contributed by atoms with E-state index in [-0.39, 0.29) is 24.6 Å². The molecule has 1 aromatic carbocycles. The van der Waals surface area contributed by atoms with E-state index in [1.807, 2.05) is 0 Å². The molecule has 0 fully saturated rings. The highest BCUT2D eigenvalue weighted by Crippen LogP contribution is 2.29. The molecular weight excluding hydrogens is 294 g/mol. The van der Waals surface area contributed by atoms with Crippen molar-refractivity contribution in [2.24, 2.45) is 10.9 Å². The number of oxime groups is 1. The highest BCUT2D eigenvalue weighted by molar-refractivity contribution is 9.10. The molecular formula is C9H10BrN3O4. The van der Waals surface area contributed by atoms with Crippen LogP contribution in [0.5, 0.6) is 5.75 Å². The van der Waals surface area contributed by atoms with Gasteiger partial charge in [0, 0.05) is 12.5 Å². The molecule has 0 aliphatic rings. The van der Waals surface area contributed by atoms with Gasteiger partial charge >= 0.3 is 0 Å². The Balaban J connectivity index is 2.70. The number of ether oxygens (including phenoxy) is 1. The van der Waals surface area contributed by atoms with Gasteiger partial charge in [-0.05, 0) is 22.0 Å². The quantitative estimate of drug-likeness (QED) is 0.283. The molecule has 0 bridgehead atoms. The molecule has 0 aromatic heterocycles. The fraction of sp³-hybridized carbons (Fsp3) is 0.222. The largest absolute Gasteiger partial charge is 0.492 e. The number of hydrogen-bond donors (Lipinski definition) is 2. The number of nitro benzene ring substituents is 1. The lowest BCUT2D eigenvalue weighted by molar-refractivity contribution is -0.385. The van der Waals surface area contributed by atoms with E-state index < -0.39 is 4.92 Å². The molecule has 0 saturated heterocycles. The summed E-state index contributed by atoms with van der Waals surface area (Å²) < 4.78 is 5.88. The zero-order chi connectivity index (χ0) is 12.8. The van der Waals surface area contributed by atoms with Gasteiger partial charge in [-0.25, -0.2) is 0 Å². The maximum absolute atomic E-state index is 10.6. The van der Waals surface area contributed by atoms with Crippen molar-refractivity contribution < 1.29 is 14.9 Å². The lowest BCUT2D eigenvalue weighted by atomic mass is 10.3. The van der Waals surface area contributed by atoms with E-state index in [1.165, 1.54) is 18.2 Å². The summed E-state index contributed by atoms with van der Waals surface area (Å²) in [5, 5.41) is 21.6. The van der Waals surface area contributed by atoms with Crippen molar-refractivity contribution in [3.8, 4) is 5.75 Å². The third-order valence-electron chi connectivity index (χ3n) is 1.87. The van der Waals surface area contributed by atoms with E-state index in [2.05, 4.69) is 21.1 Å². The van der Waals surface area contributed by atoms with Crippen molar-refractivity contribution in [3.63, 3.8) is 0 Å². The van der Waals surface area contributed by atoms with Crippen LogP contribution in [0.15, 0.2) is 27.8 Å². The number of nitro groups is 1. The van der Waals surface area contributed by atoms with Crippen LogP contribution in [0.1, 0.15) is 6.42 Å². The summed E-state index contributed by atoms with van der Waals surface area (Å²) in [6.07, 6.45) is 0.228. The topological polar surface area (TPSA) is 111 Å². The van der Waals surface area contributed by atoms with Gasteiger partial charge in [0.15, 0.2) is 0 Å². The van der Waals surface area contributed by atoms with Gasteiger partial charge in [-0.2, -0.15) is 0 Å². The minimum absolute atomic E-state index is 0.0338. The Hall–Kier alpha value is -1.83. The van der Waals surface area contributed by atoms with Crippen molar-refractivity contribution in [1.82, 2.24) is 0 Å². The lowest BCUT2D eigenvalue weighted by Crippen LogP contribution is -2.15. The van der Waals surface area contributed by atoms with Crippen LogP contribution in [-0.4, -0.2) is 22.6 Å². The molecule has 17 heavy (non-hydrogen) atoms. The predicted octanol–water partition coefficient (Wildman–Crippen LogP) is 1.87. The van der Waals surface area contributed by atoms with E-state index in [9.17, 15) is 10.1 Å². The number of benzene rings is 1. The van der Waals surface area contributed by atoms with Gasteiger partial charge in [0.25, 0.3) is 5.69 Å². The van der Waals surface area contributed by atoms with Crippen LogP contribution >= 0.6 is 15.9 Å². The first-order valence-corrected chi connectivity index (χ1v) is 5.37. The third-order valence-corrected chi connectivity index (χ3v) is 2.52. The Labute approximate surface area is 105 Å². The maximum Gasteiger partial charge on any atom is 0.273 e. The number of non-ortho nitro benzene ring substituents is 1. The SMILES string of the molecule is N/C(CCOc1cc([N+](=O)[O-])ccc1Br)=N/O. The van der Waals surface area contributed by atoms with E-state index >= 15 is 0 Å². The average molecular weight is 304 g/mol. The molecule has 0 spiro atoms. The molecule has 0 unspecified atom stereocenters. The average Bonchev–Trinajstić information content (AvgIpc) is 2.30. The first-order valence-electron chi connectivity index (χ1n) is 4.57. The number of rotatable bonds is 5. The monoisotopic (exact) mass is 303 g/mol. The second kappa shape index (κ2) is 6.04. The minimum atomic E-state index is -0.511. The molecule has 0 aliphatic carbocycles. The van der Waals surface area contributed by atoms with Crippen molar-refractivity contribution in [2.75, 3.05) is 6.61 Å². The smallest absolute Gasteiger partial charge is 0.273 e. The molecule has 0 atom stereocenters. The third kappa shape index (κ3) is 3.91. The maximum atomic E-state index is 10.6. The van der Waals surface area contributed by atoms with Crippen molar-refractivity contribution >= 4 is 27.5 Å². The predicted molar refractivity (Wildman–Crippen MR) is 64.3 cm³/mol. The number of nitrogens with zero attached hydrogens (tertiary/aromatic N) is 2. The number of hydrogen-bond acceptors (Lipinski definition) is 5. The summed E-state index contributed by atoms with van der Waals surface area (Å²) in [6, 6.07) is 4.19. The van der Waals surface area contributed by atoms with Crippen LogP contribution < -0.4 is 10.5 Å². The zero-order valence-corrected chi connectivity index (χ0v) is 10.3. The fourth-order valence-corrected chi connectivity index (χ4v) is 1.39. The van der Waals surface area contributed by atoms with Crippen LogP contribution in [0.25, 0.3) is 0 Å². The van der Waals surface area contributed by atoms with Gasteiger partial charge in [-0.15, -0.1) is 0 Å². The van der Waals surface area contributed by atoms with Gasteiger partial charge < -0.3 is 15.7 Å². The summed E-state index contributed by atoms with van der Waals surface area (Å²) >= 11 is 3.21. The molecule has 0 radical (unpaired) electrons. The van der Waals surface area contributed by atoms with Crippen molar-refractivity contribution in [3.05, 3.63) is 32.8 Å². The molecule has 3 N–H and O–H groups in total. The van der Waals surface area contributed by atoms with Crippen molar-refractivity contribution in [2.45, 2.75) is 6.42 Å². The summed E-state index contributed by atoms with van der Waals surface area (Å²) in [7, 11) is 0. The van der Waals surface area contributed by atoms with Crippen LogP contribution in [-0.2, 0) is 0 Å². The lowest BCUT2D eigenvalue weighted by Gasteiger charge is -2.07.